The zero-order chi connectivity index (χ0) is 22.8. The van der Waals surface area contributed by atoms with Gasteiger partial charge in [0.1, 0.15) is 11.5 Å². The van der Waals surface area contributed by atoms with Gasteiger partial charge in [0.15, 0.2) is 0 Å². The normalized spacial score (nSPS) is 42.8. The van der Waals surface area contributed by atoms with Crippen molar-refractivity contribution in [3.63, 3.8) is 0 Å². The van der Waals surface area contributed by atoms with Crippen LogP contribution in [0.15, 0.2) is 23.2 Å². The lowest BCUT2D eigenvalue weighted by Crippen LogP contribution is -2.53. The second kappa shape index (κ2) is 7.69. The predicted molar refractivity (Wildman–Crippen MR) is 122 cm³/mol. The van der Waals surface area contributed by atoms with Crippen LogP contribution in [0, 0.1) is 34.5 Å². The highest BCUT2D eigenvalue weighted by atomic mass is 16.3. The number of ketones is 2. The summed E-state index contributed by atoms with van der Waals surface area (Å²) < 4.78 is 0. The molecule has 2 N–H and O–H groups in total. The molecule has 6 atom stereocenters. The Labute approximate surface area is 191 Å². The number of Topliss-reactive ketones (excluding diaryl/α,β-unsaturated/α-hetero) is 1. The van der Waals surface area contributed by atoms with Gasteiger partial charge in [-0.2, -0.15) is 0 Å². The number of rotatable bonds is 3. The van der Waals surface area contributed by atoms with Crippen LogP contribution in [0.3, 0.4) is 0 Å². The molecule has 0 bridgehead atoms. The molecule has 5 aliphatic rings. The van der Waals surface area contributed by atoms with Crippen molar-refractivity contribution >= 4 is 11.6 Å². The number of nitrogens with zero attached hydrogens (tertiary/aromatic N) is 2. The molecule has 4 aliphatic carbocycles. The summed E-state index contributed by atoms with van der Waals surface area (Å²) in [6.07, 6.45) is 7.30. The third-order valence-corrected chi connectivity index (χ3v) is 10.2. The zero-order valence-corrected chi connectivity index (χ0v) is 19.8. The largest absolute Gasteiger partial charge is 0.507 e. The van der Waals surface area contributed by atoms with Gasteiger partial charge >= 0.3 is 0 Å². The maximum atomic E-state index is 13.5. The Bertz CT molecular complexity index is 886. The minimum Gasteiger partial charge on any atom is -0.507 e. The van der Waals surface area contributed by atoms with Crippen LogP contribution in [0.1, 0.15) is 52.4 Å². The molecule has 3 saturated carbocycles. The van der Waals surface area contributed by atoms with Gasteiger partial charge < -0.3 is 15.1 Å². The summed E-state index contributed by atoms with van der Waals surface area (Å²) in [6, 6.07) is 0. The Hall–Kier alpha value is -1.66. The van der Waals surface area contributed by atoms with Crippen molar-refractivity contribution in [2.24, 2.45) is 34.5 Å². The van der Waals surface area contributed by atoms with E-state index in [2.05, 4.69) is 23.8 Å². The molecule has 6 heteroatoms. The number of piperazine rings is 1. The first kappa shape index (κ1) is 22.1. The van der Waals surface area contributed by atoms with Crippen LogP contribution >= 0.6 is 0 Å². The van der Waals surface area contributed by atoms with E-state index in [0.717, 1.165) is 70.3 Å². The average Bonchev–Trinajstić information content (AvgIpc) is 3.12. The topological polar surface area (TPSA) is 81.1 Å². The number of aliphatic hydroxyl groups excluding tert-OH is 2. The van der Waals surface area contributed by atoms with E-state index in [1.54, 1.807) is 6.08 Å². The maximum absolute atomic E-state index is 13.5. The molecule has 4 fully saturated rings. The SMILES string of the molecule is CN1CCN(CC(=O)[C@@H]2CC[C@H]3[C@@H]4CCC5=CC(=O)C(O)=C(O)[C@]5(C)[C@H]4CC[C@]23C)CC1. The number of likely N-dealkylation sites (N-methyl/N-ethyl adjacent to an activating group) is 1. The lowest BCUT2D eigenvalue weighted by Gasteiger charge is -2.57. The monoisotopic (exact) mass is 442 g/mol. The zero-order valence-electron chi connectivity index (χ0n) is 19.8. The van der Waals surface area contributed by atoms with Gasteiger partial charge in [-0.1, -0.05) is 12.5 Å². The van der Waals surface area contributed by atoms with Crippen molar-refractivity contribution in [1.29, 1.82) is 0 Å². The maximum Gasteiger partial charge on any atom is 0.223 e. The van der Waals surface area contributed by atoms with E-state index < -0.39 is 17.0 Å². The Morgan fingerprint density at radius 1 is 1.06 bits per heavy atom. The molecule has 0 unspecified atom stereocenters. The minimum absolute atomic E-state index is 0.0221. The van der Waals surface area contributed by atoms with E-state index in [1.807, 2.05) is 6.92 Å². The highest BCUT2D eigenvalue weighted by Crippen LogP contribution is 2.67. The summed E-state index contributed by atoms with van der Waals surface area (Å²) in [7, 11) is 2.14. The molecule has 176 valence electrons. The van der Waals surface area contributed by atoms with E-state index in [-0.39, 0.29) is 23.0 Å². The molecule has 1 aliphatic heterocycles. The summed E-state index contributed by atoms with van der Waals surface area (Å²) in [5, 5.41) is 21.1. The lowest BCUT2D eigenvalue weighted by molar-refractivity contribution is -0.131. The fourth-order valence-electron chi connectivity index (χ4n) is 8.23. The van der Waals surface area contributed by atoms with Gasteiger partial charge in [-0.3, -0.25) is 14.5 Å². The van der Waals surface area contributed by atoms with Crippen LogP contribution in [-0.4, -0.2) is 71.4 Å². The molecular weight excluding hydrogens is 404 g/mol. The molecule has 0 spiro atoms. The van der Waals surface area contributed by atoms with Crippen LogP contribution in [0.5, 0.6) is 0 Å². The van der Waals surface area contributed by atoms with Crippen molar-refractivity contribution in [3.8, 4) is 0 Å². The molecule has 5 rings (SSSR count). The van der Waals surface area contributed by atoms with Crippen LogP contribution in [0.4, 0.5) is 0 Å². The molecule has 0 radical (unpaired) electrons. The number of hydrogen-bond donors (Lipinski definition) is 2. The highest BCUT2D eigenvalue weighted by Gasteiger charge is 2.61. The van der Waals surface area contributed by atoms with Gasteiger partial charge in [0.05, 0.1) is 12.0 Å². The van der Waals surface area contributed by atoms with Gasteiger partial charge in [0.25, 0.3) is 0 Å². The Morgan fingerprint density at radius 3 is 2.50 bits per heavy atom. The first-order chi connectivity index (χ1) is 15.2. The lowest BCUT2D eigenvalue weighted by atomic mass is 9.47. The number of aliphatic hydroxyl groups is 2. The van der Waals surface area contributed by atoms with Gasteiger partial charge in [0.2, 0.25) is 11.5 Å². The van der Waals surface area contributed by atoms with Gasteiger partial charge in [-0.25, -0.2) is 0 Å². The van der Waals surface area contributed by atoms with E-state index >= 15 is 0 Å². The summed E-state index contributed by atoms with van der Waals surface area (Å²) in [6.45, 7) is 8.95. The fraction of sp³-hybridized carbons (Fsp3) is 0.769. The molecule has 0 amide bonds. The van der Waals surface area contributed by atoms with E-state index in [9.17, 15) is 19.8 Å². The predicted octanol–water partition coefficient (Wildman–Crippen LogP) is 3.50. The molecular formula is C26H38N2O4. The highest BCUT2D eigenvalue weighted by molar-refractivity contribution is 6.04. The quantitative estimate of drug-likeness (QED) is 0.696. The van der Waals surface area contributed by atoms with Crippen molar-refractivity contribution in [1.82, 2.24) is 9.80 Å². The summed E-state index contributed by atoms with van der Waals surface area (Å²) >= 11 is 0. The molecule has 0 aromatic rings. The number of allylic oxidation sites excluding steroid dienone is 2. The summed E-state index contributed by atoms with van der Waals surface area (Å²) in [5.41, 5.74) is 0.349. The fourth-order valence-corrected chi connectivity index (χ4v) is 8.23. The van der Waals surface area contributed by atoms with Crippen molar-refractivity contribution < 1.29 is 19.8 Å². The van der Waals surface area contributed by atoms with Crippen LogP contribution in [-0.2, 0) is 9.59 Å². The Morgan fingerprint density at radius 2 is 1.78 bits per heavy atom. The van der Waals surface area contributed by atoms with Gasteiger partial charge in [-0.15, -0.1) is 0 Å². The first-order valence-corrected chi connectivity index (χ1v) is 12.5. The number of carbonyl (C=O) groups is 2. The van der Waals surface area contributed by atoms with Crippen LogP contribution < -0.4 is 0 Å². The molecule has 0 aromatic heterocycles. The standard InChI is InChI=1S/C26H38N2O4/c1-25-9-8-19-17(5-4-16-14-21(29)23(31)24(32)26(16,19)2)18(25)6-7-20(25)22(30)15-28-12-10-27(3)11-13-28/h14,17-20,31-32H,4-13,15H2,1-3H3/t17-,18-,19-,20-,25-,26-/m0/s1. The average molecular weight is 443 g/mol. The number of fused-ring (bicyclic) bond motifs is 5. The van der Waals surface area contributed by atoms with E-state index in [0.29, 0.717) is 24.2 Å². The molecule has 1 saturated heterocycles. The van der Waals surface area contributed by atoms with Crippen molar-refractivity contribution in [2.45, 2.75) is 52.4 Å². The van der Waals surface area contributed by atoms with E-state index in [1.165, 1.54) is 0 Å². The molecule has 1 heterocycles. The van der Waals surface area contributed by atoms with Crippen LogP contribution in [0.2, 0.25) is 0 Å². The van der Waals surface area contributed by atoms with Crippen molar-refractivity contribution in [3.05, 3.63) is 23.2 Å². The van der Waals surface area contributed by atoms with Gasteiger partial charge in [-0.05, 0) is 81.7 Å². The second-order valence-corrected chi connectivity index (χ2v) is 11.6. The summed E-state index contributed by atoms with van der Waals surface area (Å²) in [4.78, 5) is 30.2. The van der Waals surface area contributed by atoms with E-state index in [4.69, 9.17) is 0 Å². The second-order valence-electron chi connectivity index (χ2n) is 11.6. The number of carbonyl (C=O) groups excluding carboxylic acids is 2. The Kier molecular flexibility index (Phi) is 5.33. The van der Waals surface area contributed by atoms with Crippen LogP contribution in [0.25, 0.3) is 0 Å². The van der Waals surface area contributed by atoms with Crippen molar-refractivity contribution in [2.75, 3.05) is 39.8 Å². The minimum atomic E-state index is -0.649. The Balaban J connectivity index is 1.35. The molecule has 32 heavy (non-hydrogen) atoms. The molecule has 0 aromatic carbocycles. The summed E-state index contributed by atoms with van der Waals surface area (Å²) in [5.74, 6) is 0.574. The third kappa shape index (κ3) is 3.12. The first-order valence-electron chi connectivity index (χ1n) is 12.5. The molecule has 6 nitrogen and oxygen atoms in total. The third-order valence-electron chi connectivity index (χ3n) is 10.2. The van der Waals surface area contributed by atoms with Gasteiger partial charge in [0, 0.05) is 32.1 Å². The number of hydrogen-bond acceptors (Lipinski definition) is 6. The smallest absolute Gasteiger partial charge is 0.223 e.